The number of carboxylic acid groups (broad SMARTS) is 1. The Morgan fingerprint density at radius 2 is 2.18 bits per heavy atom. The minimum absolute atomic E-state index is 0. The molecular weight excluding hydrogens is 248 g/mol. The Bertz CT molecular complexity index is 464. The molecule has 1 aliphatic rings. The molecule has 7 heteroatoms. The van der Waals surface area contributed by atoms with Gasteiger partial charge in [0.15, 0.2) is 0 Å². The van der Waals surface area contributed by atoms with Gasteiger partial charge in [-0.1, -0.05) is 6.07 Å². The van der Waals surface area contributed by atoms with E-state index in [0.29, 0.717) is 6.54 Å². The number of nitrogens with zero attached hydrogens (tertiary/aromatic N) is 1. The molecule has 0 saturated carbocycles. The summed E-state index contributed by atoms with van der Waals surface area (Å²) >= 11 is 0. The van der Waals surface area contributed by atoms with Crippen LogP contribution in [0.3, 0.4) is 0 Å². The molecule has 6 nitrogen and oxygen atoms in total. The Hall–Kier alpha value is -1.66. The number of hydrogen-bond acceptors (Lipinski definition) is 4. The molecule has 17 heavy (non-hydrogen) atoms. The van der Waals surface area contributed by atoms with Crippen molar-refractivity contribution < 1.29 is 14.8 Å². The summed E-state index contributed by atoms with van der Waals surface area (Å²) in [6.45, 7) is 0.435. The summed E-state index contributed by atoms with van der Waals surface area (Å²) in [5.74, 6) is -0.933. The lowest BCUT2D eigenvalue weighted by atomic mass is 9.95. The number of hydrogen-bond donors (Lipinski definition) is 2. The molecule has 1 atom stereocenters. The van der Waals surface area contributed by atoms with Crippen LogP contribution in [0.25, 0.3) is 0 Å². The molecule has 0 spiro atoms. The summed E-state index contributed by atoms with van der Waals surface area (Å²) in [7, 11) is 0. The van der Waals surface area contributed by atoms with Gasteiger partial charge in [0.25, 0.3) is 5.69 Å². The van der Waals surface area contributed by atoms with Gasteiger partial charge in [-0.15, -0.1) is 12.4 Å². The summed E-state index contributed by atoms with van der Waals surface area (Å²) in [6, 6.07) is 3.89. The Kier molecular flexibility index (Phi) is 4.03. The number of nitrogens with one attached hydrogen (secondary N) is 1. The number of benzene rings is 1. The van der Waals surface area contributed by atoms with E-state index in [-0.39, 0.29) is 24.5 Å². The normalized spacial score (nSPS) is 17.8. The summed E-state index contributed by atoms with van der Waals surface area (Å²) in [4.78, 5) is 20.9. The van der Waals surface area contributed by atoms with Crippen molar-refractivity contribution in [1.82, 2.24) is 5.32 Å². The predicted molar refractivity (Wildman–Crippen MR) is 62.3 cm³/mol. The first-order valence-corrected chi connectivity index (χ1v) is 4.80. The monoisotopic (exact) mass is 258 g/mol. The van der Waals surface area contributed by atoms with E-state index in [1.807, 2.05) is 0 Å². The molecule has 2 rings (SSSR count). The van der Waals surface area contributed by atoms with Gasteiger partial charge in [0.05, 0.1) is 4.92 Å². The van der Waals surface area contributed by atoms with Gasteiger partial charge in [0.1, 0.15) is 6.04 Å². The van der Waals surface area contributed by atoms with Crippen LogP contribution in [0, 0.1) is 10.1 Å². The van der Waals surface area contributed by atoms with E-state index < -0.39 is 16.9 Å². The van der Waals surface area contributed by atoms with Crippen LogP contribution in [0.15, 0.2) is 18.2 Å². The van der Waals surface area contributed by atoms with Crippen LogP contribution in [0.4, 0.5) is 5.69 Å². The molecule has 0 amide bonds. The number of carboxylic acids is 1. The number of fused-ring (bicyclic) bond motifs is 1. The molecule has 0 bridgehead atoms. The Morgan fingerprint density at radius 3 is 2.76 bits per heavy atom. The molecule has 0 aliphatic carbocycles. The molecule has 1 unspecified atom stereocenters. The number of aliphatic carboxylic acids is 1. The third kappa shape index (κ3) is 2.72. The first-order chi connectivity index (χ1) is 7.58. The van der Waals surface area contributed by atoms with Gasteiger partial charge in [-0.25, -0.2) is 0 Å². The number of rotatable bonds is 2. The molecule has 1 aromatic rings. The minimum atomic E-state index is -0.933. The number of carbonyl (C=O) groups is 1. The highest BCUT2D eigenvalue weighted by atomic mass is 35.5. The first-order valence-electron chi connectivity index (χ1n) is 4.80. The highest BCUT2D eigenvalue weighted by Crippen LogP contribution is 2.22. The molecule has 1 heterocycles. The maximum Gasteiger partial charge on any atom is 0.321 e. The number of non-ortho nitro benzene ring substituents is 1. The molecule has 0 radical (unpaired) electrons. The van der Waals surface area contributed by atoms with Gasteiger partial charge in [-0.3, -0.25) is 14.9 Å². The van der Waals surface area contributed by atoms with E-state index in [2.05, 4.69) is 5.32 Å². The average molecular weight is 259 g/mol. The lowest BCUT2D eigenvalue weighted by Crippen LogP contribution is -2.41. The zero-order chi connectivity index (χ0) is 11.7. The lowest BCUT2D eigenvalue weighted by Gasteiger charge is -2.22. The topological polar surface area (TPSA) is 92.5 Å². The van der Waals surface area contributed by atoms with Crippen molar-refractivity contribution in [2.45, 2.75) is 19.0 Å². The van der Waals surface area contributed by atoms with Crippen molar-refractivity contribution in [3.63, 3.8) is 0 Å². The van der Waals surface area contributed by atoms with E-state index in [9.17, 15) is 14.9 Å². The fourth-order valence-electron chi connectivity index (χ4n) is 1.79. The van der Waals surface area contributed by atoms with Gasteiger partial charge in [0, 0.05) is 18.7 Å². The van der Waals surface area contributed by atoms with Crippen LogP contribution < -0.4 is 5.32 Å². The van der Waals surface area contributed by atoms with Gasteiger partial charge in [-0.05, 0) is 17.5 Å². The quantitative estimate of drug-likeness (QED) is 0.612. The van der Waals surface area contributed by atoms with Gasteiger partial charge >= 0.3 is 5.97 Å². The number of nitro groups is 1. The largest absolute Gasteiger partial charge is 0.480 e. The molecule has 92 valence electrons. The van der Waals surface area contributed by atoms with Gasteiger partial charge in [-0.2, -0.15) is 0 Å². The van der Waals surface area contributed by atoms with E-state index >= 15 is 0 Å². The van der Waals surface area contributed by atoms with Crippen LogP contribution in [0.1, 0.15) is 11.1 Å². The molecule has 1 aromatic carbocycles. The Labute approximate surface area is 103 Å². The minimum Gasteiger partial charge on any atom is -0.480 e. The first kappa shape index (κ1) is 13.4. The van der Waals surface area contributed by atoms with Crippen molar-refractivity contribution >= 4 is 24.1 Å². The number of halogens is 1. The zero-order valence-electron chi connectivity index (χ0n) is 8.75. The number of nitro benzene ring substituents is 1. The standard InChI is InChI=1S/C10H10N2O4.ClH/c13-10(14)9-4-7-3-8(12(15)16)2-1-6(7)5-11-9;/h1-3,9,11H,4-5H2,(H,13,14);1H. The SMILES string of the molecule is Cl.O=C(O)C1Cc2cc([N+](=O)[O-])ccc2CN1. The highest BCUT2D eigenvalue weighted by molar-refractivity contribution is 5.85. The second-order valence-corrected chi connectivity index (χ2v) is 3.69. The van der Waals surface area contributed by atoms with E-state index in [4.69, 9.17) is 5.11 Å². The van der Waals surface area contributed by atoms with Crippen molar-refractivity contribution in [3.8, 4) is 0 Å². The third-order valence-corrected chi connectivity index (χ3v) is 2.66. The predicted octanol–water partition coefficient (Wildman–Crippen LogP) is 1.12. The lowest BCUT2D eigenvalue weighted by molar-refractivity contribution is -0.384. The van der Waals surface area contributed by atoms with Crippen LogP contribution in [0.2, 0.25) is 0 Å². The van der Waals surface area contributed by atoms with Gasteiger partial charge in [0.2, 0.25) is 0 Å². The fourth-order valence-corrected chi connectivity index (χ4v) is 1.79. The van der Waals surface area contributed by atoms with E-state index in [1.165, 1.54) is 12.1 Å². The third-order valence-electron chi connectivity index (χ3n) is 2.66. The zero-order valence-corrected chi connectivity index (χ0v) is 9.57. The molecule has 1 aliphatic heterocycles. The second-order valence-electron chi connectivity index (χ2n) is 3.69. The van der Waals surface area contributed by atoms with Crippen molar-refractivity contribution in [2.75, 3.05) is 0 Å². The maximum absolute atomic E-state index is 10.8. The summed E-state index contributed by atoms with van der Waals surface area (Å²) < 4.78 is 0. The van der Waals surface area contributed by atoms with Crippen molar-refractivity contribution in [1.29, 1.82) is 0 Å². The highest BCUT2D eigenvalue weighted by Gasteiger charge is 2.24. The Morgan fingerprint density at radius 1 is 1.47 bits per heavy atom. The molecule has 2 N–H and O–H groups in total. The summed E-state index contributed by atoms with van der Waals surface area (Å²) in [5, 5.41) is 22.3. The summed E-state index contributed by atoms with van der Waals surface area (Å²) in [5.41, 5.74) is 1.66. The average Bonchev–Trinajstić information content (AvgIpc) is 2.27. The molecule has 0 fully saturated rings. The smallest absolute Gasteiger partial charge is 0.321 e. The molecule has 0 saturated heterocycles. The maximum atomic E-state index is 10.8. The van der Waals surface area contributed by atoms with Crippen LogP contribution in [-0.4, -0.2) is 22.0 Å². The van der Waals surface area contributed by atoms with Crippen LogP contribution >= 0.6 is 12.4 Å². The van der Waals surface area contributed by atoms with Crippen LogP contribution in [0.5, 0.6) is 0 Å². The van der Waals surface area contributed by atoms with Crippen molar-refractivity contribution in [3.05, 3.63) is 39.4 Å². The molecule has 0 aromatic heterocycles. The fraction of sp³-hybridized carbons (Fsp3) is 0.300. The second kappa shape index (κ2) is 5.11. The summed E-state index contributed by atoms with van der Waals surface area (Å²) in [6.07, 6.45) is 0.284. The van der Waals surface area contributed by atoms with E-state index in [0.717, 1.165) is 11.1 Å². The molecular formula is C10H11ClN2O4. The Balaban J connectivity index is 0.00000144. The van der Waals surface area contributed by atoms with Gasteiger partial charge < -0.3 is 10.4 Å². The van der Waals surface area contributed by atoms with E-state index in [1.54, 1.807) is 6.07 Å². The van der Waals surface area contributed by atoms with Crippen LogP contribution in [-0.2, 0) is 17.8 Å². The van der Waals surface area contributed by atoms with Crippen molar-refractivity contribution in [2.24, 2.45) is 0 Å².